The summed E-state index contributed by atoms with van der Waals surface area (Å²) >= 11 is 0. The van der Waals surface area contributed by atoms with Crippen LogP contribution in [-0.2, 0) is 0 Å². The van der Waals surface area contributed by atoms with E-state index in [1.54, 1.807) is 24.3 Å². The van der Waals surface area contributed by atoms with E-state index < -0.39 is 0 Å². The molecule has 0 aliphatic carbocycles. The predicted octanol–water partition coefficient (Wildman–Crippen LogP) is 4.05. The van der Waals surface area contributed by atoms with Gasteiger partial charge in [-0.3, -0.25) is 9.80 Å². The van der Waals surface area contributed by atoms with Crippen LogP contribution in [0.25, 0.3) is 0 Å². The van der Waals surface area contributed by atoms with Crippen molar-refractivity contribution in [2.75, 3.05) is 59.0 Å². The molecule has 3 N–H and O–H groups in total. The first kappa shape index (κ1) is 27.8. The van der Waals surface area contributed by atoms with Crippen LogP contribution < -0.4 is 20.5 Å². The van der Waals surface area contributed by atoms with Crippen molar-refractivity contribution < 1.29 is 18.3 Å². The minimum atomic E-state index is -0.248. The Balaban J connectivity index is 1.20. The van der Waals surface area contributed by atoms with E-state index >= 15 is 0 Å². The van der Waals surface area contributed by atoms with Crippen molar-refractivity contribution in [1.82, 2.24) is 15.1 Å². The van der Waals surface area contributed by atoms with Crippen molar-refractivity contribution in [3.8, 4) is 11.5 Å². The maximum Gasteiger partial charge on any atom is 0.123 e. The van der Waals surface area contributed by atoms with E-state index in [2.05, 4.69) is 15.1 Å². The lowest BCUT2D eigenvalue weighted by Gasteiger charge is -2.45. The molecule has 4 rings (SSSR count). The summed E-state index contributed by atoms with van der Waals surface area (Å²) in [4.78, 5) is 4.98. The van der Waals surface area contributed by atoms with Gasteiger partial charge in [0.25, 0.3) is 0 Å². The van der Waals surface area contributed by atoms with Gasteiger partial charge in [0.1, 0.15) is 36.3 Å². The summed E-state index contributed by atoms with van der Waals surface area (Å²) in [7, 11) is 0. The van der Waals surface area contributed by atoms with Crippen LogP contribution in [-0.4, -0.2) is 80.4 Å². The first-order valence-electron chi connectivity index (χ1n) is 13.7. The number of hydrogen-bond acceptors (Lipinski definition) is 6. The third-order valence-electron chi connectivity index (χ3n) is 7.85. The van der Waals surface area contributed by atoms with Crippen molar-refractivity contribution in [3.05, 3.63) is 60.2 Å². The van der Waals surface area contributed by atoms with Crippen molar-refractivity contribution in [2.24, 2.45) is 5.73 Å². The molecule has 2 aromatic rings. The first-order chi connectivity index (χ1) is 18.0. The topological polar surface area (TPSA) is 63.0 Å². The summed E-state index contributed by atoms with van der Waals surface area (Å²) < 4.78 is 37.9. The van der Waals surface area contributed by atoms with Gasteiger partial charge in [0.2, 0.25) is 0 Å². The van der Waals surface area contributed by atoms with E-state index in [9.17, 15) is 8.78 Å². The van der Waals surface area contributed by atoms with Gasteiger partial charge in [0, 0.05) is 44.3 Å². The lowest BCUT2D eigenvalue weighted by atomic mass is 9.83. The van der Waals surface area contributed by atoms with Gasteiger partial charge in [-0.2, -0.15) is 0 Å². The van der Waals surface area contributed by atoms with Crippen LogP contribution in [0.4, 0.5) is 8.78 Å². The second-order valence-corrected chi connectivity index (χ2v) is 10.3. The zero-order valence-corrected chi connectivity index (χ0v) is 21.8. The second kappa shape index (κ2) is 14.0. The Labute approximate surface area is 220 Å². The number of halogens is 2. The molecular formula is C29H42F2N4O2. The highest BCUT2D eigenvalue weighted by atomic mass is 19.1. The summed E-state index contributed by atoms with van der Waals surface area (Å²) in [6, 6.07) is 12.9. The maximum atomic E-state index is 13.1. The minimum Gasteiger partial charge on any atom is -0.492 e. The molecule has 0 amide bonds. The molecule has 2 heterocycles. The van der Waals surface area contributed by atoms with Gasteiger partial charge in [-0.15, -0.1) is 0 Å². The number of likely N-dealkylation sites (tertiary alicyclic amines) is 2. The fourth-order valence-electron chi connectivity index (χ4n) is 5.55. The summed E-state index contributed by atoms with van der Waals surface area (Å²) in [5, 5.41) is 3.96. The summed E-state index contributed by atoms with van der Waals surface area (Å²) in [6.45, 7) is 7.69. The number of nitrogens with two attached hydrogens (primary N) is 1. The van der Waals surface area contributed by atoms with Crippen LogP contribution in [0.2, 0.25) is 0 Å². The van der Waals surface area contributed by atoms with Crippen molar-refractivity contribution >= 4 is 0 Å². The number of nitrogens with one attached hydrogen (secondary N) is 1. The Bertz CT molecular complexity index is 921. The summed E-state index contributed by atoms with van der Waals surface area (Å²) in [5.41, 5.74) is 6.13. The molecule has 6 nitrogen and oxygen atoms in total. The number of hydrogen-bond donors (Lipinski definition) is 2. The number of piperidine rings is 2. The van der Waals surface area contributed by atoms with Gasteiger partial charge in [0.05, 0.1) is 0 Å². The smallest absolute Gasteiger partial charge is 0.123 e. The highest BCUT2D eigenvalue weighted by molar-refractivity contribution is 5.22. The second-order valence-electron chi connectivity index (χ2n) is 10.3. The lowest BCUT2D eigenvalue weighted by molar-refractivity contribution is 0.0865. The van der Waals surface area contributed by atoms with Gasteiger partial charge in [-0.1, -0.05) is 6.42 Å². The summed E-state index contributed by atoms with van der Waals surface area (Å²) in [6.07, 6.45) is 6.79. The fourth-order valence-corrected chi connectivity index (χ4v) is 5.55. The molecule has 0 bridgehead atoms. The molecule has 2 saturated heterocycles. The molecule has 2 aliphatic heterocycles. The van der Waals surface area contributed by atoms with Crippen molar-refractivity contribution in [1.29, 1.82) is 0 Å². The molecule has 0 saturated carbocycles. The number of rotatable bonds is 13. The number of nitrogens with zero attached hydrogens (tertiary/aromatic N) is 2. The van der Waals surface area contributed by atoms with Crippen molar-refractivity contribution in [3.63, 3.8) is 0 Å². The molecular weight excluding hydrogens is 474 g/mol. The van der Waals surface area contributed by atoms with Crippen LogP contribution in [0.5, 0.6) is 11.5 Å². The van der Waals surface area contributed by atoms with Gasteiger partial charge < -0.3 is 20.5 Å². The van der Waals surface area contributed by atoms with Gasteiger partial charge in [-0.05, 0) is 93.7 Å². The molecule has 2 aliphatic rings. The Hall–Kier alpha value is -2.26. The monoisotopic (exact) mass is 516 g/mol. The van der Waals surface area contributed by atoms with E-state index in [-0.39, 0.29) is 17.2 Å². The Morgan fingerprint density at radius 1 is 0.838 bits per heavy atom. The molecule has 204 valence electrons. The van der Waals surface area contributed by atoms with E-state index in [4.69, 9.17) is 15.2 Å². The minimum absolute atomic E-state index is 0.0802. The van der Waals surface area contributed by atoms with Crippen LogP contribution in [0.15, 0.2) is 48.5 Å². The maximum absolute atomic E-state index is 13.1. The standard InChI is InChI=1S/C29H42F2N4O2/c30-24-4-8-27(9-5-24)36-21-19-34-17-13-29(12-15-32,14-18-34)33-23-26-3-1-2-16-35(26)20-22-37-28-10-6-25(31)7-11-28/h4-11,26,33H,1-3,12-23,32H2. The third kappa shape index (κ3) is 8.64. The molecule has 8 heteroatoms. The van der Waals surface area contributed by atoms with Crippen LogP contribution in [0, 0.1) is 11.6 Å². The van der Waals surface area contributed by atoms with E-state index in [1.165, 1.54) is 43.5 Å². The molecule has 1 atom stereocenters. The van der Waals surface area contributed by atoms with Crippen LogP contribution in [0.3, 0.4) is 0 Å². The zero-order valence-electron chi connectivity index (χ0n) is 21.8. The average Bonchev–Trinajstić information content (AvgIpc) is 2.92. The van der Waals surface area contributed by atoms with Gasteiger partial charge >= 0.3 is 0 Å². The van der Waals surface area contributed by atoms with Crippen LogP contribution in [0.1, 0.15) is 38.5 Å². The van der Waals surface area contributed by atoms with E-state index in [1.807, 2.05) is 0 Å². The highest BCUT2D eigenvalue weighted by Crippen LogP contribution is 2.27. The van der Waals surface area contributed by atoms with E-state index in [0.717, 1.165) is 58.5 Å². The Kier molecular flexibility index (Phi) is 10.5. The predicted molar refractivity (Wildman–Crippen MR) is 143 cm³/mol. The lowest BCUT2D eigenvalue weighted by Crippen LogP contribution is -2.58. The third-order valence-corrected chi connectivity index (χ3v) is 7.85. The average molecular weight is 517 g/mol. The first-order valence-corrected chi connectivity index (χ1v) is 13.7. The zero-order chi connectivity index (χ0) is 25.9. The highest BCUT2D eigenvalue weighted by Gasteiger charge is 2.35. The molecule has 1 unspecified atom stereocenters. The van der Waals surface area contributed by atoms with E-state index in [0.29, 0.717) is 37.3 Å². The molecule has 0 aromatic heterocycles. The fraction of sp³-hybridized carbons (Fsp3) is 0.586. The van der Waals surface area contributed by atoms with Crippen LogP contribution >= 0.6 is 0 Å². The normalized spacial score (nSPS) is 20.6. The van der Waals surface area contributed by atoms with Gasteiger partial charge in [-0.25, -0.2) is 8.78 Å². The molecule has 37 heavy (non-hydrogen) atoms. The Morgan fingerprint density at radius 3 is 2.03 bits per heavy atom. The molecule has 2 aromatic carbocycles. The SMILES string of the molecule is NCCC1(NCC2CCCCN2CCOc2ccc(F)cc2)CCN(CCOc2ccc(F)cc2)CC1. The number of ether oxygens (including phenoxy) is 2. The molecule has 0 radical (unpaired) electrons. The Morgan fingerprint density at radius 2 is 1.43 bits per heavy atom. The summed E-state index contributed by atoms with van der Waals surface area (Å²) in [5.74, 6) is 0.925. The molecule has 2 fully saturated rings. The van der Waals surface area contributed by atoms with Crippen molar-refractivity contribution in [2.45, 2.75) is 50.1 Å². The number of benzene rings is 2. The van der Waals surface area contributed by atoms with Gasteiger partial charge in [0.15, 0.2) is 0 Å². The molecule has 0 spiro atoms. The quantitative estimate of drug-likeness (QED) is 0.419. The largest absolute Gasteiger partial charge is 0.492 e.